The van der Waals surface area contributed by atoms with Crippen LogP contribution in [0.4, 0.5) is 13.2 Å². The van der Waals surface area contributed by atoms with Crippen molar-refractivity contribution in [3.8, 4) is 0 Å². The first-order valence-corrected chi connectivity index (χ1v) is 6.57. The van der Waals surface area contributed by atoms with E-state index in [4.69, 9.17) is 18.0 Å². The number of rotatable bonds is 5. The van der Waals surface area contributed by atoms with Crippen LogP contribution in [0.2, 0.25) is 0 Å². The van der Waals surface area contributed by atoms with Gasteiger partial charge in [-0.3, -0.25) is 9.69 Å². The highest BCUT2D eigenvalue weighted by atomic mass is 32.1. The van der Waals surface area contributed by atoms with Gasteiger partial charge in [0.25, 0.3) is 0 Å². The zero-order valence-corrected chi connectivity index (χ0v) is 12.0. The first kappa shape index (κ1) is 17.1. The molecule has 1 saturated heterocycles. The third kappa shape index (κ3) is 5.59. The lowest BCUT2D eigenvalue weighted by atomic mass is 10.2. The van der Waals surface area contributed by atoms with E-state index >= 15 is 0 Å². The number of carbonyl (C=O) groups is 1. The van der Waals surface area contributed by atoms with Crippen LogP contribution in [0, 0.1) is 0 Å². The van der Waals surface area contributed by atoms with Crippen LogP contribution < -0.4 is 5.73 Å². The lowest BCUT2D eigenvalue weighted by Crippen LogP contribution is -2.54. The summed E-state index contributed by atoms with van der Waals surface area (Å²) in [4.78, 5) is 15.6. The Hall–Kier alpha value is -0.930. The molecule has 116 valence electrons. The molecule has 5 nitrogen and oxygen atoms in total. The van der Waals surface area contributed by atoms with Crippen molar-refractivity contribution in [2.75, 3.05) is 39.4 Å². The average Bonchev–Trinajstić information content (AvgIpc) is 2.36. The summed E-state index contributed by atoms with van der Waals surface area (Å²) in [6, 6.07) is -0.0521. The molecule has 0 radical (unpaired) electrons. The fraction of sp³-hybridized carbons (Fsp3) is 0.818. The van der Waals surface area contributed by atoms with E-state index in [0.29, 0.717) is 31.2 Å². The predicted octanol–water partition coefficient (Wildman–Crippen LogP) is 0.384. The van der Waals surface area contributed by atoms with Crippen molar-refractivity contribution in [3.63, 3.8) is 0 Å². The number of ether oxygens (including phenoxy) is 1. The fourth-order valence-electron chi connectivity index (χ4n) is 1.88. The molecule has 1 aliphatic rings. The molecule has 2 N–H and O–H groups in total. The summed E-state index contributed by atoms with van der Waals surface area (Å²) < 4.78 is 40.0. The van der Waals surface area contributed by atoms with Crippen molar-refractivity contribution in [2.45, 2.75) is 19.1 Å². The Morgan fingerprint density at radius 3 is 2.35 bits per heavy atom. The summed E-state index contributed by atoms with van der Waals surface area (Å²) in [6.07, 6.45) is -4.41. The van der Waals surface area contributed by atoms with Gasteiger partial charge in [0.1, 0.15) is 13.2 Å². The Labute approximate surface area is 120 Å². The summed E-state index contributed by atoms with van der Waals surface area (Å²) >= 11 is 4.90. The number of thiocarbonyl (C=S) groups is 1. The van der Waals surface area contributed by atoms with Crippen LogP contribution in [0.25, 0.3) is 0 Å². The smallest absolute Gasteiger partial charge is 0.392 e. The first-order valence-electron chi connectivity index (χ1n) is 6.16. The Morgan fingerprint density at radius 1 is 1.35 bits per heavy atom. The van der Waals surface area contributed by atoms with Crippen LogP contribution >= 0.6 is 12.2 Å². The molecule has 1 unspecified atom stereocenters. The average molecular weight is 313 g/mol. The molecule has 9 heteroatoms. The molecule has 1 fully saturated rings. The van der Waals surface area contributed by atoms with E-state index in [1.807, 2.05) is 11.8 Å². The predicted molar refractivity (Wildman–Crippen MR) is 71.3 cm³/mol. The maximum atomic E-state index is 11.9. The number of alkyl halides is 3. The molecule has 0 bridgehead atoms. The quantitative estimate of drug-likeness (QED) is 0.744. The highest BCUT2D eigenvalue weighted by Crippen LogP contribution is 2.14. The van der Waals surface area contributed by atoms with Gasteiger partial charge < -0.3 is 15.4 Å². The van der Waals surface area contributed by atoms with Crippen LogP contribution in [-0.2, 0) is 9.53 Å². The van der Waals surface area contributed by atoms with Gasteiger partial charge in [0.15, 0.2) is 0 Å². The van der Waals surface area contributed by atoms with E-state index in [0.717, 1.165) is 0 Å². The van der Waals surface area contributed by atoms with Crippen molar-refractivity contribution in [1.29, 1.82) is 0 Å². The minimum Gasteiger partial charge on any atom is -0.392 e. The minimum atomic E-state index is -4.41. The van der Waals surface area contributed by atoms with E-state index in [9.17, 15) is 18.0 Å². The van der Waals surface area contributed by atoms with E-state index < -0.39 is 25.3 Å². The fourth-order valence-corrected chi connectivity index (χ4v) is 2.03. The number of nitrogens with zero attached hydrogens (tertiary/aromatic N) is 2. The zero-order valence-electron chi connectivity index (χ0n) is 11.2. The summed E-state index contributed by atoms with van der Waals surface area (Å²) in [5, 5.41) is 0. The Balaban J connectivity index is 2.30. The van der Waals surface area contributed by atoms with Gasteiger partial charge in [-0.1, -0.05) is 12.2 Å². The van der Waals surface area contributed by atoms with Crippen LogP contribution in [0.3, 0.4) is 0 Å². The van der Waals surface area contributed by atoms with Crippen LogP contribution in [-0.4, -0.2) is 72.3 Å². The molecule has 0 aromatic rings. The maximum absolute atomic E-state index is 11.9. The molecule has 0 aromatic heterocycles. The topological polar surface area (TPSA) is 58.8 Å². The van der Waals surface area contributed by atoms with E-state index in [1.54, 1.807) is 0 Å². The van der Waals surface area contributed by atoms with Crippen molar-refractivity contribution in [1.82, 2.24) is 9.80 Å². The normalized spacial score (nSPS) is 18.9. The molecule has 0 spiro atoms. The molecule has 20 heavy (non-hydrogen) atoms. The number of hydrogen-bond acceptors (Lipinski definition) is 4. The van der Waals surface area contributed by atoms with E-state index in [2.05, 4.69) is 4.74 Å². The number of piperazine rings is 1. The van der Waals surface area contributed by atoms with Crippen LogP contribution in [0.5, 0.6) is 0 Å². The second-order valence-corrected chi connectivity index (χ2v) is 5.07. The van der Waals surface area contributed by atoms with E-state index in [1.165, 1.54) is 4.90 Å². The van der Waals surface area contributed by atoms with Crippen LogP contribution in [0.1, 0.15) is 6.92 Å². The lowest BCUT2D eigenvalue weighted by Gasteiger charge is -2.37. The molecule has 0 saturated carbocycles. The molecule has 1 rings (SSSR count). The highest BCUT2D eigenvalue weighted by Gasteiger charge is 2.29. The molecule has 0 aromatic carbocycles. The molecular formula is C11H18F3N3O2S. The number of nitrogens with two attached hydrogens (primary N) is 1. The number of halogens is 3. The second-order valence-electron chi connectivity index (χ2n) is 4.60. The summed E-state index contributed by atoms with van der Waals surface area (Å²) in [7, 11) is 0. The van der Waals surface area contributed by atoms with Gasteiger partial charge in [0.2, 0.25) is 5.91 Å². The number of amides is 1. The summed E-state index contributed by atoms with van der Waals surface area (Å²) in [6.45, 7) is 1.96. The Morgan fingerprint density at radius 2 is 1.90 bits per heavy atom. The Kier molecular flexibility index (Phi) is 6.15. The summed E-state index contributed by atoms with van der Waals surface area (Å²) in [5.41, 5.74) is 5.55. The second kappa shape index (κ2) is 7.19. The van der Waals surface area contributed by atoms with E-state index in [-0.39, 0.29) is 6.04 Å². The molecule has 1 amide bonds. The molecular weight excluding hydrogens is 295 g/mol. The van der Waals surface area contributed by atoms with Crippen LogP contribution in [0.15, 0.2) is 0 Å². The largest absolute Gasteiger partial charge is 0.411 e. The first-order chi connectivity index (χ1) is 9.20. The van der Waals surface area contributed by atoms with Crippen molar-refractivity contribution >= 4 is 23.1 Å². The van der Waals surface area contributed by atoms with Gasteiger partial charge in [0, 0.05) is 26.2 Å². The van der Waals surface area contributed by atoms with Gasteiger partial charge in [-0.25, -0.2) is 0 Å². The lowest BCUT2D eigenvalue weighted by molar-refractivity contribution is -0.178. The Bertz CT molecular complexity index is 357. The summed E-state index contributed by atoms with van der Waals surface area (Å²) in [5.74, 6) is -0.433. The van der Waals surface area contributed by atoms with Gasteiger partial charge in [-0.05, 0) is 6.92 Å². The minimum absolute atomic E-state index is 0.0521. The third-order valence-electron chi connectivity index (χ3n) is 3.12. The number of hydrogen-bond donors (Lipinski definition) is 1. The molecule has 0 aliphatic carbocycles. The SMILES string of the molecule is CC(C(N)=S)N1CCN(C(=O)COCC(F)(F)F)CC1. The highest BCUT2D eigenvalue weighted by molar-refractivity contribution is 7.80. The standard InChI is InChI=1S/C11H18F3N3O2S/c1-8(10(15)20)16-2-4-17(5-3-16)9(18)6-19-7-11(12,13)14/h8H,2-7H2,1H3,(H2,15,20). The van der Waals surface area contributed by atoms with Gasteiger partial charge in [-0.15, -0.1) is 0 Å². The van der Waals surface area contributed by atoms with Crippen molar-refractivity contribution in [3.05, 3.63) is 0 Å². The molecule has 1 atom stereocenters. The van der Waals surface area contributed by atoms with Crippen molar-refractivity contribution < 1.29 is 22.7 Å². The monoisotopic (exact) mass is 313 g/mol. The van der Waals surface area contributed by atoms with Gasteiger partial charge in [-0.2, -0.15) is 13.2 Å². The van der Waals surface area contributed by atoms with Gasteiger partial charge in [0.05, 0.1) is 11.0 Å². The number of carbonyl (C=O) groups excluding carboxylic acids is 1. The maximum Gasteiger partial charge on any atom is 0.411 e. The third-order valence-corrected chi connectivity index (χ3v) is 3.46. The molecule has 1 heterocycles. The van der Waals surface area contributed by atoms with Gasteiger partial charge >= 0.3 is 6.18 Å². The van der Waals surface area contributed by atoms with Crippen molar-refractivity contribution in [2.24, 2.45) is 5.73 Å². The zero-order chi connectivity index (χ0) is 15.3. The molecule has 1 aliphatic heterocycles.